The van der Waals surface area contributed by atoms with Gasteiger partial charge in [0, 0.05) is 43.8 Å². The summed E-state index contributed by atoms with van der Waals surface area (Å²) in [5.41, 5.74) is 9.00. The van der Waals surface area contributed by atoms with Gasteiger partial charge in [0.05, 0.1) is 11.0 Å². The van der Waals surface area contributed by atoms with Crippen molar-refractivity contribution >= 4 is 92.4 Å². The minimum Gasteiger partial charge on any atom is -0.354 e. The van der Waals surface area contributed by atoms with E-state index in [1.807, 2.05) is 0 Å². The zero-order chi connectivity index (χ0) is 28.5. The topological polar surface area (TPSA) is 20.7 Å². The molecular formula is C42H26N2. The van der Waals surface area contributed by atoms with Crippen LogP contribution in [-0.2, 0) is 6.42 Å². The molecule has 2 heteroatoms. The second-order valence-electron chi connectivity index (χ2n) is 12.4. The molecule has 2 nitrogen and oxygen atoms in total. The zero-order valence-corrected chi connectivity index (χ0v) is 24.0. The fraction of sp³-hybridized carbons (Fsp3) is 0.0476. The Morgan fingerprint density at radius 2 is 1.11 bits per heavy atom. The minimum atomic E-state index is 1.05. The lowest BCUT2D eigenvalue weighted by Gasteiger charge is -2.21. The van der Waals surface area contributed by atoms with Crippen LogP contribution in [0.2, 0.25) is 0 Å². The van der Waals surface area contributed by atoms with Gasteiger partial charge in [-0.3, -0.25) is 0 Å². The predicted octanol–water partition coefficient (Wildman–Crippen LogP) is 11.3. The summed E-state index contributed by atoms with van der Waals surface area (Å²) in [7, 11) is 0. The van der Waals surface area contributed by atoms with E-state index in [-0.39, 0.29) is 0 Å². The van der Waals surface area contributed by atoms with Gasteiger partial charge in [-0.05, 0) is 85.8 Å². The lowest BCUT2D eigenvalue weighted by molar-refractivity contribution is 0.957. The first kappa shape index (κ1) is 22.9. The summed E-state index contributed by atoms with van der Waals surface area (Å²) in [6.07, 6.45) is 4.59. The first-order valence-electron chi connectivity index (χ1n) is 15.6. The molecule has 0 aliphatic heterocycles. The maximum Gasteiger partial charge on any atom is 0.0553 e. The van der Waals surface area contributed by atoms with Gasteiger partial charge in [-0.25, -0.2) is 0 Å². The molecule has 11 rings (SSSR count). The molecule has 0 radical (unpaired) electrons. The number of hydrogen-bond donors (Lipinski definition) is 1. The van der Waals surface area contributed by atoms with Crippen molar-refractivity contribution in [2.45, 2.75) is 12.8 Å². The number of H-pyrrole nitrogens is 1. The summed E-state index contributed by atoms with van der Waals surface area (Å²) in [6, 6.07) is 45.4. The maximum absolute atomic E-state index is 3.76. The van der Waals surface area contributed by atoms with E-state index in [2.05, 4.69) is 137 Å². The summed E-state index contributed by atoms with van der Waals surface area (Å²) in [5, 5.41) is 15.9. The zero-order valence-electron chi connectivity index (χ0n) is 24.0. The molecule has 0 atom stereocenters. The fourth-order valence-electron chi connectivity index (χ4n) is 8.58. The van der Waals surface area contributed by atoms with Gasteiger partial charge in [-0.2, -0.15) is 0 Å². The van der Waals surface area contributed by atoms with Crippen LogP contribution < -0.4 is 0 Å². The molecule has 0 unspecified atom stereocenters. The van der Waals surface area contributed by atoms with Crippen molar-refractivity contribution < 1.29 is 0 Å². The normalized spacial score (nSPS) is 13.9. The van der Waals surface area contributed by atoms with Gasteiger partial charge >= 0.3 is 0 Å². The molecule has 0 fully saturated rings. The van der Waals surface area contributed by atoms with Crippen LogP contribution in [-0.4, -0.2) is 9.55 Å². The summed E-state index contributed by atoms with van der Waals surface area (Å²) in [6.45, 7) is 0. The number of allylic oxidation sites excluding steroid dienone is 1. The largest absolute Gasteiger partial charge is 0.354 e. The van der Waals surface area contributed by atoms with Crippen LogP contribution in [0.1, 0.15) is 17.5 Å². The van der Waals surface area contributed by atoms with Gasteiger partial charge in [0.2, 0.25) is 0 Å². The summed E-state index contributed by atoms with van der Waals surface area (Å²) >= 11 is 0. The first-order valence-corrected chi connectivity index (χ1v) is 15.6. The van der Waals surface area contributed by atoms with E-state index in [1.54, 1.807) is 0 Å². The number of nitrogens with zero attached hydrogens (tertiary/aromatic N) is 1. The Morgan fingerprint density at radius 3 is 1.98 bits per heavy atom. The number of fused-ring (bicyclic) bond motifs is 11. The molecule has 0 amide bonds. The standard InChI is InChI=1S/C42H26N2/c1-2-12-25-24(10-1)11-7-21-36(25)44-37-20-6-4-14-29(37)42-31-18-9-16-27-26-15-8-17-30-39(26)32(33(40(27)31)23-38(42)44)22-35-41(30)28-13-3-5-19-34(28)43-35/h1-6,8-10,12-23,43H,7,11H2. The highest BCUT2D eigenvalue weighted by Crippen LogP contribution is 2.48. The average molecular weight is 559 g/mol. The van der Waals surface area contributed by atoms with Crippen LogP contribution >= 0.6 is 0 Å². The molecule has 1 N–H and O–H groups in total. The van der Waals surface area contributed by atoms with Gasteiger partial charge in [0.1, 0.15) is 0 Å². The molecule has 44 heavy (non-hydrogen) atoms. The Hall–Kier alpha value is -5.60. The Morgan fingerprint density at radius 1 is 0.455 bits per heavy atom. The second-order valence-corrected chi connectivity index (χ2v) is 12.4. The SMILES string of the molecule is C1=C(n2c3ccccc3c3c4cccc5c6cccc7c8c(cc(c(cc32)c54)c67)[nH]c2ccccc28)c2ccccc2CC1. The highest BCUT2D eigenvalue weighted by atomic mass is 15.0. The summed E-state index contributed by atoms with van der Waals surface area (Å²) in [4.78, 5) is 3.76. The number of benzene rings is 8. The molecule has 0 spiro atoms. The highest BCUT2D eigenvalue weighted by Gasteiger charge is 2.23. The van der Waals surface area contributed by atoms with Crippen molar-refractivity contribution in [2.75, 3.05) is 0 Å². The molecule has 10 aromatic rings. The number of nitrogens with one attached hydrogen (secondary N) is 1. The number of aromatic amines is 1. The third-order valence-electron chi connectivity index (χ3n) is 10.3. The van der Waals surface area contributed by atoms with Crippen molar-refractivity contribution in [1.82, 2.24) is 9.55 Å². The summed E-state index contributed by atoms with van der Waals surface area (Å²) < 4.78 is 2.55. The third kappa shape index (κ3) is 2.72. The molecule has 2 heterocycles. The van der Waals surface area contributed by atoms with Gasteiger partial charge < -0.3 is 9.55 Å². The van der Waals surface area contributed by atoms with Crippen LogP contribution in [0.25, 0.3) is 92.4 Å². The van der Waals surface area contributed by atoms with E-state index in [0.717, 1.165) is 12.8 Å². The number of rotatable bonds is 1. The van der Waals surface area contributed by atoms with Crippen molar-refractivity contribution in [3.63, 3.8) is 0 Å². The fourth-order valence-corrected chi connectivity index (χ4v) is 8.58. The van der Waals surface area contributed by atoms with Crippen molar-refractivity contribution in [3.05, 3.63) is 139 Å². The molecule has 8 aromatic carbocycles. The monoisotopic (exact) mass is 558 g/mol. The molecule has 2 aromatic heterocycles. The lowest BCUT2D eigenvalue weighted by atomic mass is 9.87. The van der Waals surface area contributed by atoms with Gasteiger partial charge in [-0.1, -0.05) is 103 Å². The smallest absolute Gasteiger partial charge is 0.0553 e. The molecule has 0 bridgehead atoms. The van der Waals surface area contributed by atoms with Gasteiger partial charge in [0.15, 0.2) is 0 Å². The van der Waals surface area contributed by atoms with Crippen molar-refractivity contribution in [1.29, 1.82) is 0 Å². The van der Waals surface area contributed by atoms with E-state index in [0.29, 0.717) is 0 Å². The number of para-hydroxylation sites is 2. The molecule has 1 aliphatic carbocycles. The molecular weight excluding hydrogens is 532 g/mol. The number of aryl methyl sites for hydroxylation is 1. The number of aromatic nitrogens is 2. The molecule has 204 valence electrons. The predicted molar refractivity (Wildman–Crippen MR) is 188 cm³/mol. The van der Waals surface area contributed by atoms with Crippen LogP contribution in [0.5, 0.6) is 0 Å². The van der Waals surface area contributed by atoms with Crippen molar-refractivity contribution in [2.24, 2.45) is 0 Å². The Balaban J connectivity index is 1.40. The van der Waals surface area contributed by atoms with Gasteiger partial charge in [-0.15, -0.1) is 0 Å². The number of hydrogen-bond acceptors (Lipinski definition) is 0. The summed E-state index contributed by atoms with van der Waals surface area (Å²) in [5.74, 6) is 0. The van der Waals surface area contributed by atoms with E-state index >= 15 is 0 Å². The Kier molecular flexibility index (Phi) is 4.20. The van der Waals surface area contributed by atoms with Crippen LogP contribution in [0.15, 0.2) is 127 Å². The average Bonchev–Trinajstić information content (AvgIpc) is 3.62. The van der Waals surface area contributed by atoms with Crippen LogP contribution in [0.3, 0.4) is 0 Å². The molecule has 1 aliphatic rings. The van der Waals surface area contributed by atoms with Crippen LogP contribution in [0.4, 0.5) is 0 Å². The highest BCUT2D eigenvalue weighted by molar-refractivity contribution is 6.41. The first-order chi connectivity index (χ1) is 21.8. The van der Waals surface area contributed by atoms with E-state index < -0.39 is 0 Å². The molecule has 0 saturated carbocycles. The van der Waals surface area contributed by atoms with E-state index in [4.69, 9.17) is 0 Å². The van der Waals surface area contributed by atoms with Gasteiger partial charge in [0.25, 0.3) is 0 Å². The molecule has 0 saturated heterocycles. The Bertz CT molecular complexity index is 2880. The van der Waals surface area contributed by atoms with E-state index in [1.165, 1.54) is 104 Å². The lowest BCUT2D eigenvalue weighted by Crippen LogP contribution is -2.06. The van der Waals surface area contributed by atoms with E-state index in [9.17, 15) is 0 Å². The minimum absolute atomic E-state index is 1.05. The maximum atomic E-state index is 3.76. The quantitative estimate of drug-likeness (QED) is 0.153. The van der Waals surface area contributed by atoms with Crippen molar-refractivity contribution in [3.8, 4) is 0 Å². The third-order valence-corrected chi connectivity index (χ3v) is 10.3. The second kappa shape index (κ2) is 8.06. The van der Waals surface area contributed by atoms with Crippen LogP contribution in [0, 0.1) is 0 Å². The Labute approximate surface area is 252 Å².